The normalized spacial score (nSPS) is 15.7. The van der Waals surface area contributed by atoms with Gasteiger partial charge < -0.3 is 23.8 Å². The second-order valence-corrected chi connectivity index (χ2v) is 8.56. The highest BCUT2D eigenvalue weighted by Gasteiger charge is 2.35. The maximum atomic E-state index is 13.9. The molecule has 2 atom stereocenters. The van der Waals surface area contributed by atoms with Crippen molar-refractivity contribution in [1.82, 2.24) is 4.90 Å². The third-order valence-corrected chi connectivity index (χ3v) is 6.66. The average Bonchev–Trinajstić information content (AvgIpc) is 2.92. The molecule has 1 heterocycles. The number of methoxy groups -OCH3 is 3. The molecule has 0 saturated heterocycles. The Kier molecular flexibility index (Phi) is 7.80. The molecule has 0 N–H and O–H groups in total. The van der Waals surface area contributed by atoms with Crippen LogP contribution in [0.2, 0.25) is 0 Å². The summed E-state index contributed by atoms with van der Waals surface area (Å²) in [7, 11) is 4.90. The van der Waals surface area contributed by atoms with Crippen LogP contribution in [0, 0.1) is 0 Å². The van der Waals surface area contributed by atoms with Crippen LogP contribution in [0.3, 0.4) is 0 Å². The first-order valence-corrected chi connectivity index (χ1v) is 12.0. The lowest BCUT2D eigenvalue weighted by atomic mass is 9.89. The second kappa shape index (κ2) is 11.2. The van der Waals surface area contributed by atoms with Crippen molar-refractivity contribution in [2.75, 3.05) is 34.5 Å². The fraction of sp³-hybridized carbons (Fsp3) is 0.345. The van der Waals surface area contributed by atoms with Crippen molar-refractivity contribution >= 4 is 5.91 Å². The number of carbonyl (C=O) groups excluding carboxylic acids is 1. The van der Waals surface area contributed by atoms with Gasteiger partial charge in [0.15, 0.2) is 11.5 Å². The zero-order valence-corrected chi connectivity index (χ0v) is 20.8. The van der Waals surface area contributed by atoms with E-state index in [-0.39, 0.29) is 17.9 Å². The van der Waals surface area contributed by atoms with E-state index in [0.29, 0.717) is 24.7 Å². The van der Waals surface area contributed by atoms with Gasteiger partial charge in [0.1, 0.15) is 18.1 Å². The van der Waals surface area contributed by atoms with E-state index in [9.17, 15) is 4.79 Å². The van der Waals surface area contributed by atoms with Crippen molar-refractivity contribution in [3.63, 3.8) is 0 Å². The van der Waals surface area contributed by atoms with Crippen LogP contribution in [0.1, 0.15) is 42.0 Å². The topological polar surface area (TPSA) is 57.2 Å². The summed E-state index contributed by atoms with van der Waals surface area (Å²) in [6, 6.07) is 21.2. The van der Waals surface area contributed by atoms with Gasteiger partial charge in [0.05, 0.1) is 33.3 Å². The Balaban J connectivity index is 1.68. The summed E-state index contributed by atoms with van der Waals surface area (Å²) in [6.07, 6.45) is 1.47. The molecule has 184 valence electrons. The molecule has 3 aromatic rings. The summed E-state index contributed by atoms with van der Waals surface area (Å²) in [4.78, 5) is 15.9. The lowest BCUT2D eigenvalue weighted by Crippen LogP contribution is -2.44. The molecule has 0 saturated carbocycles. The van der Waals surface area contributed by atoms with Gasteiger partial charge in [-0.1, -0.05) is 37.3 Å². The van der Waals surface area contributed by atoms with Gasteiger partial charge in [-0.3, -0.25) is 4.79 Å². The number of nitrogens with zero attached hydrogens (tertiary/aromatic N) is 1. The van der Waals surface area contributed by atoms with Crippen LogP contribution >= 0.6 is 0 Å². The van der Waals surface area contributed by atoms with Crippen LogP contribution in [-0.4, -0.2) is 45.3 Å². The van der Waals surface area contributed by atoms with E-state index < -0.39 is 0 Å². The van der Waals surface area contributed by atoms with Crippen molar-refractivity contribution in [3.8, 4) is 23.0 Å². The van der Waals surface area contributed by atoms with Crippen molar-refractivity contribution < 1.29 is 23.7 Å². The molecule has 1 aliphatic rings. The minimum atomic E-state index is -0.258. The number of hydrogen-bond acceptors (Lipinski definition) is 5. The average molecular weight is 476 g/mol. The zero-order valence-electron chi connectivity index (χ0n) is 20.8. The first kappa shape index (κ1) is 24.5. The van der Waals surface area contributed by atoms with E-state index in [1.807, 2.05) is 71.6 Å². The molecule has 0 bridgehead atoms. The number of hydrogen-bond donors (Lipinski definition) is 0. The molecule has 1 aliphatic heterocycles. The van der Waals surface area contributed by atoms with Crippen LogP contribution in [0.15, 0.2) is 66.7 Å². The number of amides is 1. The second-order valence-electron chi connectivity index (χ2n) is 8.56. The van der Waals surface area contributed by atoms with Crippen molar-refractivity contribution in [2.24, 2.45) is 0 Å². The van der Waals surface area contributed by atoms with E-state index in [0.717, 1.165) is 41.0 Å². The van der Waals surface area contributed by atoms with E-state index in [1.165, 1.54) is 0 Å². The number of carbonyl (C=O) groups is 1. The number of fused-ring (bicyclic) bond motifs is 1. The predicted molar refractivity (Wildman–Crippen MR) is 136 cm³/mol. The molecule has 0 fully saturated rings. The number of rotatable bonds is 9. The lowest BCUT2D eigenvalue weighted by Gasteiger charge is -2.39. The Hall–Kier alpha value is -3.67. The van der Waals surface area contributed by atoms with Gasteiger partial charge >= 0.3 is 0 Å². The fourth-order valence-electron chi connectivity index (χ4n) is 4.76. The Bertz CT molecular complexity index is 1130. The molecular weight excluding hydrogens is 442 g/mol. The summed E-state index contributed by atoms with van der Waals surface area (Å²) in [5.74, 6) is 2.73. The fourth-order valence-corrected chi connectivity index (χ4v) is 4.76. The Morgan fingerprint density at radius 2 is 1.57 bits per heavy atom. The maximum Gasteiger partial charge on any atom is 0.230 e. The van der Waals surface area contributed by atoms with Gasteiger partial charge in [-0.25, -0.2) is 0 Å². The van der Waals surface area contributed by atoms with Gasteiger partial charge in [-0.15, -0.1) is 0 Å². The van der Waals surface area contributed by atoms with E-state index >= 15 is 0 Å². The van der Waals surface area contributed by atoms with Crippen LogP contribution in [0.5, 0.6) is 23.0 Å². The summed E-state index contributed by atoms with van der Waals surface area (Å²) in [5, 5.41) is 0. The van der Waals surface area contributed by atoms with Gasteiger partial charge in [0.25, 0.3) is 0 Å². The van der Waals surface area contributed by atoms with Crippen LogP contribution in [-0.2, 0) is 11.2 Å². The Labute approximate surface area is 207 Å². The quantitative estimate of drug-likeness (QED) is 0.414. The molecule has 0 aliphatic carbocycles. The predicted octanol–water partition coefficient (Wildman–Crippen LogP) is 5.41. The molecule has 3 aromatic carbocycles. The third kappa shape index (κ3) is 5.21. The molecule has 0 aromatic heterocycles. The van der Waals surface area contributed by atoms with Gasteiger partial charge in [-0.05, 0) is 65.9 Å². The smallest absolute Gasteiger partial charge is 0.230 e. The largest absolute Gasteiger partial charge is 0.497 e. The minimum Gasteiger partial charge on any atom is -0.497 e. The monoisotopic (exact) mass is 475 g/mol. The Morgan fingerprint density at radius 3 is 2.20 bits per heavy atom. The summed E-state index contributed by atoms with van der Waals surface area (Å²) >= 11 is 0. The highest BCUT2D eigenvalue weighted by molar-refractivity contribution is 5.84. The van der Waals surface area contributed by atoms with Crippen LogP contribution in [0.25, 0.3) is 0 Å². The summed E-state index contributed by atoms with van der Waals surface area (Å²) in [6.45, 7) is 3.00. The molecule has 6 heteroatoms. The van der Waals surface area contributed by atoms with Crippen LogP contribution in [0.4, 0.5) is 0 Å². The van der Waals surface area contributed by atoms with E-state index in [1.54, 1.807) is 21.3 Å². The van der Waals surface area contributed by atoms with E-state index in [4.69, 9.17) is 18.9 Å². The van der Waals surface area contributed by atoms with Crippen LogP contribution < -0.4 is 18.9 Å². The van der Waals surface area contributed by atoms with Gasteiger partial charge in [0, 0.05) is 6.54 Å². The van der Waals surface area contributed by atoms with Gasteiger partial charge in [0.2, 0.25) is 5.91 Å². The minimum absolute atomic E-state index is 0.113. The highest BCUT2D eigenvalue weighted by atomic mass is 16.5. The lowest BCUT2D eigenvalue weighted by molar-refractivity contribution is -0.136. The molecule has 0 spiro atoms. The Morgan fingerprint density at radius 1 is 0.914 bits per heavy atom. The van der Waals surface area contributed by atoms with Crippen molar-refractivity contribution in [2.45, 2.75) is 31.7 Å². The first-order chi connectivity index (χ1) is 17.1. The number of benzene rings is 3. The molecule has 4 rings (SSSR count). The maximum absolute atomic E-state index is 13.9. The standard InChI is InChI=1S/C29H33NO5/c1-5-24(20-9-7-6-8-10-20)29(31)30-16-15-21-17-27(33-3)28(34-4)18-25(21)26(30)19-35-23-13-11-22(32-2)12-14-23/h6-14,17-18,24,26H,5,15-16,19H2,1-4H3. The zero-order chi connectivity index (χ0) is 24.8. The molecule has 2 unspecified atom stereocenters. The molecule has 35 heavy (non-hydrogen) atoms. The van der Waals surface area contributed by atoms with Crippen molar-refractivity contribution in [3.05, 3.63) is 83.4 Å². The third-order valence-electron chi connectivity index (χ3n) is 6.66. The SMILES string of the molecule is CCC(C(=O)N1CCc2cc(OC)c(OC)cc2C1COc1ccc(OC)cc1)c1ccccc1. The van der Waals surface area contributed by atoms with E-state index in [2.05, 4.69) is 6.92 Å². The molecule has 0 radical (unpaired) electrons. The van der Waals surface area contributed by atoms with Gasteiger partial charge in [-0.2, -0.15) is 0 Å². The first-order valence-electron chi connectivity index (χ1n) is 12.0. The molecule has 6 nitrogen and oxygen atoms in total. The highest BCUT2D eigenvalue weighted by Crippen LogP contribution is 2.40. The molecular formula is C29H33NO5. The number of ether oxygens (including phenoxy) is 4. The molecule has 1 amide bonds. The summed E-state index contributed by atoms with van der Waals surface area (Å²) < 4.78 is 22.6. The summed E-state index contributed by atoms with van der Waals surface area (Å²) in [5.41, 5.74) is 3.20. The van der Waals surface area contributed by atoms with Crippen molar-refractivity contribution in [1.29, 1.82) is 0 Å².